The van der Waals surface area contributed by atoms with Crippen LogP contribution in [-0.2, 0) is 16.0 Å². The number of benzene rings is 1. The SMILES string of the molecule is CC(C)N(CCC(=O)O)C(=O)CCCc1ccccc1. The molecule has 0 unspecified atom stereocenters. The summed E-state index contributed by atoms with van der Waals surface area (Å²) in [5, 5.41) is 8.71. The lowest BCUT2D eigenvalue weighted by molar-refractivity contribution is -0.139. The van der Waals surface area contributed by atoms with Crippen LogP contribution in [0, 0.1) is 0 Å². The van der Waals surface area contributed by atoms with Crippen LogP contribution in [0.3, 0.4) is 0 Å². The van der Waals surface area contributed by atoms with Gasteiger partial charge in [-0.3, -0.25) is 9.59 Å². The van der Waals surface area contributed by atoms with Gasteiger partial charge in [0.05, 0.1) is 6.42 Å². The molecule has 0 aliphatic rings. The van der Waals surface area contributed by atoms with Gasteiger partial charge in [0.2, 0.25) is 5.91 Å². The Balaban J connectivity index is 2.40. The van der Waals surface area contributed by atoms with Crippen molar-refractivity contribution in [2.45, 2.75) is 45.6 Å². The fourth-order valence-corrected chi connectivity index (χ4v) is 2.12. The second-order valence-electron chi connectivity index (χ2n) is 5.16. The van der Waals surface area contributed by atoms with Crippen LogP contribution in [0.2, 0.25) is 0 Å². The van der Waals surface area contributed by atoms with Gasteiger partial charge in [0.25, 0.3) is 0 Å². The highest BCUT2D eigenvalue weighted by molar-refractivity contribution is 5.77. The van der Waals surface area contributed by atoms with E-state index in [0.717, 1.165) is 12.8 Å². The minimum absolute atomic E-state index is 0.00258. The summed E-state index contributed by atoms with van der Waals surface area (Å²) in [5.41, 5.74) is 1.22. The Labute approximate surface area is 120 Å². The van der Waals surface area contributed by atoms with Gasteiger partial charge in [-0.05, 0) is 32.3 Å². The molecule has 0 fully saturated rings. The van der Waals surface area contributed by atoms with E-state index in [1.807, 2.05) is 32.0 Å². The van der Waals surface area contributed by atoms with Crippen molar-refractivity contribution >= 4 is 11.9 Å². The van der Waals surface area contributed by atoms with Crippen molar-refractivity contribution in [2.24, 2.45) is 0 Å². The van der Waals surface area contributed by atoms with Gasteiger partial charge in [0.1, 0.15) is 0 Å². The van der Waals surface area contributed by atoms with Gasteiger partial charge in [-0.1, -0.05) is 30.3 Å². The molecule has 0 atom stereocenters. The molecule has 0 spiro atoms. The third-order valence-corrected chi connectivity index (χ3v) is 3.21. The van der Waals surface area contributed by atoms with Crippen molar-refractivity contribution in [3.63, 3.8) is 0 Å². The molecular formula is C16H23NO3. The first-order chi connectivity index (χ1) is 9.50. The zero-order chi connectivity index (χ0) is 15.0. The van der Waals surface area contributed by atoms with E-state index in [1.165, 1.54) is 5.56 Å². The number of carbonyl (C=O) groups excluding carboxylic acids is 1. The maximum atomic E-state index is 12.1. The van der Waals surface area contributed by atoms with Gasteiger partial charge in [0.15, 0.2) is 0 Å². The predicted molar refractivity (Wildman–Crippen MR) is 78.5 cm³/mol. The summed E-state index contributed by atoms with van der Waals surface area (Å²) in [6, 6.07) is 10.1. The molecule has 0 radical (unpaired) electrons. The average Bonchev–Trinajstić information content (AvgIpc) is 2.39. The fourth-order valence-electron chi connectivity index (χ4n) is 2.12. The van der Waals surface area contributed by atoms with E-state index in [2.05, 4.69) is 12.1 Å². The summed E-state index contributed by atoms with van der Waals surface area (Å²) in [6.07, 6.45) is 2.13. The molecule has 0 aliphatic carbocycles. The molecule has 1 aromatic rings. The first kappa shape index (κ1) is 16.2. The lowest BCUT2D eigenvalue weighted by Gasteiger charge is -2.26. The molecule has 1 rings (SSSR count). The van der Waals surface area contributed by atoms with Crippen LogP contribution >= 0.6 is 0 Å². The van der Waals surface area contributed by atoms with E-state index < -0.39 is 5.97 Å². The van der Waals surface area contributed by atoms with Gasteiger partial charge in [0, 0.05) is 19.0 Å². The minimum Gasteiger partial charge on any atom is -0.481 e. The van der Waals surface area contributed by atoms with Crippen LogP contribution in [0.4, 0.5) is 0 Å². The van der Waals surface area contributed by atoms with Gasteiger partial charge >= 0.3 is 5.97 Å². The summed E-state index contributed by atoms with van der Waals surface area (Å²) >= 11 is 0. The van der Waals surface area contributed by atoms with E-state index in [4.69, 9.17) is 5.11 Å². The lowest BCUT2D eigenvalue weighted by atomic mass is 10.1. The average molecular weight is 277 g/mol. The van der Waals surface area contributed by atoms with Crippen molar-refractivity contribution in [2.75, 3.05) is 6.54 Å². The first-order valence-corrected chi connectivity index (χ1v) is 7.06. The molecule has 110 valence electrons. The van der Waals surface area contributed by atoms with Crippen LogP contribution in [0.15, 0.2) is 30.3 Å². The van der Waals surface area contributed by atoms with Gasteiger partial charge in [-0.25, -0.2) is 0 Å². The Morgan fingerprint density at radius 3 is 2.35 bits per heavy atom. The highest BCUT2D eigenvalue weighted by atomic mass is 16.4. The van der Waals surface area contributed by atoms with Crippen LogP contribution < -0.4 is 0 Å². The maximum absolute atomic E-state index is 12.1. The van der Waals surface area contributed by atoms with Gasteiger partial charge < -0.3 is 10.0 Å². The number of nitrogens with zero attached hydrogens (tertiary/aromatic N) is 1. The monoisotopic (exact) mass is 277 g/mol. The van der Waals surface area contributed by atoms with Crippen LogP contribution in [0.25, 0.3) is 0 Å². The lowest BCUT2D eigenvalue weighted by Crippen LogP contribution is -2.38. The fraction of sp³-hybridized carbons (Fsp3) is 0.500. The smallest absolute Gasteiger partial charge is 0.305 e. The number of aliphatic carboxylic acids is 1. The van der Waals surface area contributed by atoms with Crippen molar-refractivity contribution in [3.8, 4) is 0 Å². The Bertz CT molecular complexity index is 429. The molecule has 0 saturated heterocycles. The van der Waals surface area contributed by atoms with E-state index in [9.17, 15) is 9.59 Å². The summed E-state index contributed by atoms with van der Waals surface area (Å²) in [5.74, 6) is -0.829. The highest BCUT2D eigenvalue weighted by Crippen LogP contribution is 2.09. The number of carboxylic acids is 1. The van der Waals surface area contributed by atoms with Crippen molar-refractivity contribution < 1.29 is 14.7 Å². The number of hydrogen-bond acceptors (Lipinski definition) is 2. The second-order valence-corrected chi connectivity index (χ2v) is 5.16. The number of carbonyl (C=O) groups is 2. The Morgan fingerprint density at radius 1 is 1.15 bits per heavy atom. The van der Waals surface area contributed by atoms with Gasteiger partial charge in [-0.2, -0.15) is 0 Å². The molecule has 0 aromatic heterocycles. The van der Waals surface area contributed by atoms with E-state index in [0.29, 0.717) is 6.42 Å². The largest absolute Gasteiger partial charge is 0.481 e. The van der Waals surface area contributed by atoms with Crippen molar-refractivity contribution in [3.05, 3.63) is 35.9 Å². The number of aryl methyl sites for hydroxylation is 1. The molecule has 1 amide bonds. The molecule has 0 aliphatic heterocycles. The first-order valence-electron chi connectivity index (χ1n) is 7.06. The number of amides is 1. The molecule has 0 bridgehead atoms. The number of hydrogen-bond donors (Lipinski definition) is 1. The van der Waals surface area contributed by atoms with Crippen molar-refractivity contribution in [1.29, 1.82) is 0 Å². The number of rotatable bonds is 8. The summed E-state index contributed by atoms with van der Waals surface area (Å²) in [6.45, 7) is 4.12. The minimum atomic E-state index is -0.868. The topological polar surface area (TPSA) is 57.6 Å². The molecular weight excluding hydrogens is 254 g/mol. The highest BCUT2D eigenvalue weighted by Gasteiger charge is 2.17. The van der Waals surface area contributed by atoms with Crippen LogP contribution in [0.5, 0.6) is 0 Å². The van der Waals surface area contributed by atoms with E-state index >= 15 is 0 Å². The molecule has 0 saturated carbocycles. The molecule has 0 heterocycles. The predicted octanol–water partition coefficient (Wildman–Crippen LogP) is 2.72. The Kier molecular flexibility index (Phi) is 6.77. The Hall–Kier alpha value is -1.84. The van der Waals surface area contributed by atoms with Crippen LogP contribution in [-0.4, -0.2) is 34.5 Å². The van der Waals surface area contributed by atoms with Gasteiger partial charge in [-0.15, -0.1) is 0 Å². The zero-order valence-corrected chi connectivity index (χ0v) is 12.2. The number of carboxylic acid groups (broad SMARTS) is 1. The summed E-state index contributed by atoms with van der Waals surface area (Å²) in [4.78, 5) is 24.4. The summed E-state index contributed by atoms with van der Waals surface area (Å²) < 4.78 is 0. The van der Waals surface area contributed by atoms with Crippen molar-refractivity contribution in [1.82, 2.24) is 4.90 Å². The quantitative estimate of drug-likeness (QED) is 0.795. The molecule has 20 heavy (non-hydrogen) atoms. The Morgan fingerprint density at radius 2 is 1.80 bits per heavy atom. The normalized spacial score (nSPS) is 10.6. The molecule has 1 aromatic carbocycles. The maximum Gasteiger partial charge on any atom is 0.305 e. The van der Waals surface area contributed by atoms with E-state index in [-0.39, 0.29) is 24.9 Å². The zero-order valence-electron chi connectivity index (χ0n) is 12.2. The third-order valence-electron chi connectivity index (χ3n) is 3.21. The molecule has 1 N–H and O–H groups in total. The molecule has 4 nitrogen and oxygen atoms in total. The second kappa shape index (κ2) is 8.35. The standard InChI is InChI=1S/C16H23NO3/c1-13(2)17(12-11-16(19)20)15(18)10-6-9-14-7-4-3-5-8-14/h3-5,7-8,13H,6,9-12H2,1-2H3,(H,19,20). The summed E-state index contributed by atoms with van der Waals surface area (Å²) in [7, 11) is 0. The van der Waals surface area contributed by atoms with Crippen LogP contribution in [0.1, 0.15) is 38.7 Å². The molecule has 4 heteroatoms. The van der Waals surface area contributed by atoms with E-state index in [1.54, 1.807) is 4.90 Å². The third kappa shape index (κ3) is 5.87.